The lowest BCUT2D eigenvalue weighted by Crippen LogP contribution is -2.31. The summed E-state index contributed by atoms with van der Waals surface area (Å²) in [6.07, 6.45) is 2.36. The number of carbonyl (C=O) groups is 2. The van der Waals surface area contributed by atoms with Crippen LogP contribution in [0.15, 0.2) is 42.6 Å². The van der Waals surface area contributed by atoms with Crippen LogP contribution in [0.2, 0.25) is 0 Å². The minimum Gasteiger partial charge on any atom is -0.481 e. The predicted octanol–water partition coefficient (Wildman–Crippen LogP) is 3.09. The van der Waals surface area contributed by atoms with Crippen LogP contribution in [0.25, 0.3) is 0 Å². The fourth-order valence-electron chi connectivity index (χ4n) is 2.86. The van der Waals surface area contributed by atoms with Crippen molar-refractivity contribution in [1.82, 2.24) is 4.98 Å². The zero-order valence-corrected chi connectivity index (χ0v) is 14.2. The van der Waals surface area contributed by atoms with Gasteiger partial charge in [0.05, 0.1) is 6.10 Å². The molecule has 1 amide bonds. The van der Waals surface area contributed by atoms with Gasteiger partial charge < -0.3 is 14.7 Å². The molecule has 0 radical (unpaired) electrons. The lowest BCUT2D eigenvalue weighted by molar-refractivity contribution is -0.138. The zero-order chi connectivity index (χ0) is 18.0. The average molecular weight is 340 g/mol. The van der Waals surface area contributed by atoms with Crippen molar-refractivity contribution in [2.75, 3.05) is 11.4 Å². The monoisotopic (exact) mass is 340 g/mol. The molecule has 1 aliphatic rings. The molecule has 0 fully saturated rings. The number of amides is 1. The number of carbonyl (C=O) groups excluding carboxylic acids is 1. The van der Waals surface area contributed by atoms with E-state index in [0.717, 1.165) is 6.42 Å². The highest BCUT2D eigenvalue weighted by molar-refractivity contribution is 6.08. The maximum absolute atomic E-state index is 12.9. The van der Waals surface area contributed by atoms with Gasteiger partial charge in [-0.2, -0.15) is 0 Å². The van der Waals surface area contributed by atoms with Crippen molar-refractivity contribution in [1.29, 1.82) is 0 Å². The molecule has 130 valence electrons. The summed E-state index contributed by atoms with van der Waals surface area (Å²) in [6.45, 7) is 4.06. The molecule has 1 aliphatic heterocycles. The number of para-hydroxylation sites is 1. The second-order valence-corrected chi connectivity index (χ2v) is 6.08. The van der Waals surface area contributed by atoms with Crippen LogP contribution in [0.1, 0.15) is 42.1 Å². The Bertz CT molecular complexity index is 806. The standard InChI is InChI=1S/C19H20N2O4/c1-3-12(2)25-17-10-13(8-9-20-17)18(22)21-11-15(19(23)24)14-6-4-5-7-16(14)21/h4-10,12,15H,3,11H2,1-2H3,(H,23,24). The summed E-state index contributed by atoms with van der Waals surface area (Å²) in [5, 5.41) is 9.43. The first-order valence-corrected chi connectivity index (χ1v) is 8.27. The van der Waals surface area contributed by atoms with E-state index in [0.29, 0.717) is 22.7 Å². The van der Waals surface area contributed by atoms with E-state index < -0.39 is 11.9 Å². The molecule has 2 atom stereocenters. The van der Waals surface area contributed by atoms with E-state index in [-0.39, 0.29) is 18.6 Å². The zero-order valence-electron chi connectivity index (χ0n) is 14.2. The van der Waals surface area contributed by atoms with Gasteiger partial charge >= 0.3 is 5.97 Å². The Morgan fingerprint density at radius 2 is 2.12 bits per heavy atom. The number of carboxylic acids is 1. The maximum Gasteiger partial charge on any atom is 0.312 e. The molecule has 1 N–H and O–H groups in total. The molecule has 6 nitrogen and oxygen atoms in total. The highest BCUT2D eigenvalue weighted by Crippen LogP contribution is 2.37. The summed E-state index contributed by atoms with van der Waals surface area (Å²) in [4.78, 5) is 30.1. The number of benzene rings is 1. The molecule has 0 saturated carbocycles. The molecule has 0 aliphatic carbocycles. The predicted molar refractivity (Wildman–Crippen MR) is 93.1 cm³/mol. The van der Waals surface area contributed by atoms with E-state index in [9.17, 15) is 14.7 Å². The average Bonchev–Trinajstić information content (AvgIpc) is 3.01. The number of hydrogen-bond acceptors (Lipinski definition) is 4. The van der Waals surface area contributed by atoms with Crippen LogP contribution in [-0.2, 0) is 4.79 Å². The van der Waals surface area contributed by atoms with Gasteiger partial charge in [-0.15, -0.1) is 0 Å². The molecule has 6 heteroatoms. The van der Waals surface area contributed by atoms with Gasteiger partial charge in [0, 0.05) is 30.1 Å². The molecule has 3 rings (SSSR count). The molecule has 0 spiro atoms. The number of nitrogens with zero attached hydrogens (tertiary/aromatic N) is 2. The molecule has 0 saturated heterocycles. The van der Waals surface area contributed by atoms with Crippen molar-refractivity contribution < 1.29 is 19.4 Å². The second kappa shape index (κ2) is 6.93. The van der Waals surface area contributed by atoms with Crippen molar-refractivity contribution in [3.05, 3.63) is 53.7 Å². The largest absolute Gasteiger partial charge is 0.481 e. The third kappa shape index (κ3) is 3.33. The van der Waals surface area contributed by atoms with Crippen molar-refractivity contribution in [3.8, 4) is 5.88 Å². The molecular formula is C19H20N2O4. The third-order valence-electron chi connectivity index (χ3n) is 4.39. The van der Waals surface area contributed by atoms with Gasteiger partial charge in [-0.3, -0.25) is 9.59 Å². The van der Waals surface area contributed by atoms with Crippen LogP contribution in [-0.4, -0.2) is 34.6 Å². The molecule has 25 heavy (non-hydrogen) atoms. The van der Waals surface area contributed by atoms with Gasteiger partial charge in [0.1, 0.15) is 5.92 Å². The Kier molecular flexibility index (Phi) is 4.70. The van der Waals surface area contributed by atoms with E-state index in [1.165, 1.54) is 11.1 Å². The molecule has 2 unspecified atom stereocenters. The minimum absolute atomic E-state index is 0.00163. The van der Waals surface area contributed by atoms with Gasteiger partial charge in [-0.25, -0.2) is 4.98 Å². The molecule has 0 bridgehead atoms. The summed E-state index contributed by atoms with van der Waals surface area (Å²) in [6, 6.07) is 10.3. The SMILES string of the molecule is CCC(C)Oc1cc(C(=O)N2CC(C(=O)O)c3ccccc32)ccn1. The Hall–Kier alpha value is -2.89. The number of carboxylic acid groups (broad SMARTS) is 1. The van der Waals surface area contributed by atoms with E-state index in [4.69, 9.17) is 4.74 Å². The van der Waals surface area contributed by atoms with Crippen LogP contribution in [0, 0.1) is 0 Å². The number of aromatic nitrogens is 1. The Labute approximate surface area is 146 Å². The van der Waals surface area contributed by atoms with E-state index in [2.05, 4.69) is 4.98 Å². The van der Waals surface area contributed by atoms with E-state index in [1.54, 1.807) is 36.4 Å². The first kappa shape index (κ1) is 17.0. The van der Waals surface area contributed by atoms with Crippen LogP contribution in [0.3, 0.4) is 0 Å². The molecule has 2 aromatic rings. The van der Waals surface area contributed by atoms with Gasteiger partial charge in [0.2, 0.25) is 5.88 Å². The Morgan fingerprint density at radius 3 is 2.84 bits per heavy atom. The van der Waals surface area contributed by atoms with Gasteiger partial charge in [-0.1, -0.05) is 25.1 Å². The number of pyridine rings is 1. The molecule has 1 aromatic heterocycles. The second-order valence-electron chi connectivity index (χ2n) is 6.08. The molecular weight excluding hydrogens is 320 g/mol. The number of rotatable bonds is 5. The van der Waals surface area contributed by atoms with Crippen LogP contribution >= 0.6 is 0 Å². The van der Waals surface area contributed by atoms with Crippen LogP contribution < -0.4 is 9.64 Å². The van der Waals surface area contributed by atoms with Gasteiger partial charge in [0.15, 0.2) is 0 Å². The molecule has 1 aromatic carbocycles. The minimum atomic E-state index is -0.932. The molecule has 2 heterocycles. The lowest BCUT2D eigenvalue weighted by Gasteiger charge is -2.18. The Balaban J connectivity index is 1.89. The summed E-state index contributed by atoms with van der Waals surface area (Å²) >= 11 is 0. The lowest BCUT2D eigenvalue weighted by atomic mass is 10.0. The number of fused-ring (bicyclic) bond motifs is 1. The van der Waals surface area contributed by atoms with Gasteiger partial charge in [-0.05, 0) is 31.0 Å². The van der Waals surface area contributed by atoms with E-state index >= 15 is 0 Å². The summed E-state index contributed by atoms with van der Waals surface area (Å²) in [7, 11) is 0. The quantitative estimate of drug-likeness (QED) is 0.905. The summed E-state index contributed by atoms with van der Waals surface area (Å²) in [5.74, 6) is -1.51. The first-order chi connectivity index (χ1) is 12.0. The first-order valence-electron chi connectivity index (χ1n) is 8.27. The number of ether oxygens (including phenoxy) is 1. The normalized spacial score (nSPS) is 17.0. The van der Waals surface area contributed by atoms with Crippen molar-refractivity contribution in [3.63, 3.8) is 0 Å². The fraction of sp³-hybridized carbons (Fsp3) is 0.316. The van der Waals surface area contributed by atoms with Crippen molar-refractivity contribution in [2.45, 2.75) is 32.3 Å². The fourth-order valence-corrected chi connectivity index (χ4v) is 2.86. The third-order valence-corrected chi connectivity index (χ3v) is 4.39. The summed E-state index contributed by atoms with van der Waals surface area (Å²) in [5.41, 5.74) is 1.73. The highest BCUT2D eigenvalue weighted by atomic mass is 16.5. The van der Waals surface area contributed by atoms with E-state index in [1.807, 2.05) is 13.8 Å². The topological polar surface area (TPSA) is 79.7 Å². The van der Waals surface area contributed by atoms with Crippen LogP contribution in [0.4, 0.5) is 5.69 Å². The highest BCUT2D eigenvalue weighted by Gasteiger charge is 2.36. The van der Waals surface area contributed by atoms with Gasteiger partial charge in [0.25, 0.3) is 5.91 Å². The number of aliphatic carboxylic acids is 1. The van der Waals surface area contributed by atoms with Crippen molar-refractivity contribution in [2.24, 2.45) is 0 Å². The van der Waals surface area contributed by atoms with Crippen LogP contribution in [0.5, 0.6) is 5.88 Å². The summed E-state index contributed by atoms with van der Waals surface area (Å²) < 4.78 is 5.67. The maximum atomic E-state index is 12.9. The van der Waals surface area contributed by atoms with Crippen molar-refractivity contribution >= 4 is 17.6 Å². The number of hydrogen-bond donors (Lipinski definition) is 1. The number of anilines is 1. The Morgan fingerprint density at radius 1 is 1.36 bits per heavy atom. The smallest absolute Gasteiger partial charge is 0.312 e.